The van der Waals surface area contributed by atoms with Gasteiger partial charge in [0.25, 0.3) is 0 Å². The molecule has 2 aromatic heterocycles. The van der Waals surface area contributed by atoms with E-state index in [1.807, 2.05) is 6.92 Å². The summed E-state index contributed by atoms with van der Waals surface area (Å²) >= 11 is 5.97. The third-order valence-corrected chi connectivity index (χ3v) is 2.27. The van der Waals surface area contributed by atoms with E-state index in [0.29, 0.717) is 29.0 Å². The van der Waals surface area contributed by atoms with Gasteiger partial charge in [0.15, 0.2) is 0 Å². The number of nitrogens with zero attached hydrogens (tertiary/aromatic N) is 3. The highest BCUT2D eigenvalue weighted by molar-refractivity contribution is 6.32. The van der Waals surface area contributed by atoms with E-state index in [4.69, 9.17) is 16.1 Å². The van der Waals surface area contributed by atoms with Gasteiger partial charge in [-0.1, -0.05) is 23.7 Å². The van der Waals surface area contributed by atoms with Crippen LogP contribution in [0.15, 0.2) is 22.9 Å². The van der Waals surface area contributed by atoms with Crippen molar-refractivity contribution in [2.45, 2.75) is 13.5 Å². The van der Waals surface area contributed by atoms with Gasteiger partial charge in [-0.05, 0) is 18.7 Å². The number of rotatable bonds is 4. The summed E-state index contributed by atoms with van der Waals surface area (Å²) in [7, 11) is 0. The van der Waals surface area contributed by atoms with E-state index in [2.05, 4.69) is 20.4 Å². The molecular formula is C10H11ClN4O. The molecular weight excluding hydrogens is 228 g/mol. The molecule has 0 saturated carbocycles. The van der Waals surface area contributed by atoms with Crippen molar-refractivity contribution in [3.8, 4) is 11.5 Å². The quantitative estimate of drug-likeness (QED) is 0.881. The number of hydrogen-bond donors (Lipinski definition) is 1. The Morgan fingerprint density at radius 3 is 3.12 bits per heavy atom. The maximum absolute atomic E-state index is 5.97. The highest BCUT2D eigenvalue weighted by atomic mass is 35.5. The van der Waals surface area contributed by atoms with E-state index in [1.54, 1.807) is 18.3 Å². The highest BCUT2D eigenvalue weighted by Gasteiger charge is 2.12. The van der Waals surface area contributed by atoms with Gasteiger partial charge in [-0.25, -0.2) is 0 Å². The summed E-state index contributed by atoms with van der Waals surface area (Å²) in [6.45, 7) is 3.41. The monoisotopic (exact) mass is 238 g/mol. The first-order valence-electron chi connectivity index (χ1n) is 4.95. The molecule has 84 valence electrons. The molecule has 0 aliphatic carbocycles. The molecule has 2 heterocycles. The lowest BCUT2D eigenvalue weighted by atomic mass is 10.3. The molecule has 0 bridgehead atoms. The second-order valence-corrected chi connectivity index (χ2v) is 3.53. The number of hydrogen-bond acceptors (Lipinski definition) is 5. The van der Waals surface area contributed by atoms with Gasteiger partial charge < -0.3 is 9.84 Å². The normalized spacial score (nSPS) is 10.6. The molecule has 0 saturated heterocycles. The van der Waals surface area contributed by atoms with Gasteiger partial charge in [-0.2, -0.15) is 4.98 Å². The molecule has 0 aliphatic rings. The summed E-state index contributed by atoms with van der Waals surface area (Å²) in [5, 5.41) is 7.43. The van der Waals surface area contributed by atoms with Crippen LogP contribution in [0.2, 0.25) is 5.02 Å². The molecule has 0 radical (unpaired) electrons. The van der Waals surface area contributed by atoms with E-state index in [1.165, 1.54) is 0 Å². The van der Waals surface area contributed by atoms with Gasteiger partial charge in [-0.15, -0.1) is 0 Å². The molecule has 0 aliphatic heterocycles. The fourth-order valence-corrected chi connectivity index (χ4v) is 1.41. The fourth-order valence-electron chi connectivity index (χ4n) is 1.21. The number of halogens is 1. The summed E-state index contributed by atoms with van der Waals surface area (Å²) in [6.07, 6.45) is 1.64. The van der Waals surface area contributed by atoms with Crippen molar-refractivity contribution in [1.82, 2.24) is 20.4 Å². The van der Waals surface area contributed by atoms with Crippen LogP contribution < -0.4 is 5.32 Å². The Hall–Kier alpha value is -1.46. The van der Waals surface area contributed by atoms with Gasteiger partial charge >= 0.3 is 0 Å². The number of nitrogens with one attached hydrogen (secondary N) is 1. The van der Waals surface area contributed by atoms with E-state index in [-0.39, 0.29) is 0 Å². The molecule has 0 fully saturated rings. The fraction of sp³-hybridized carbons (Fsp3) is 0.300. The van der Waals surface area contributed by atoms with Crippen molar-refractivity contribution in [2.75, 3.05) is 6.54 Å². The zero-order valence-electron chi connectivity index (χ0n) is 8.77. The lowest BCUT2D eigenvalue weighted by molar-refractivity contribution is 0.369. The summed E-state index contributed by atoms with van der Waals surface area (Å²) in [4.78, 5) is 8.30. The first kappa shape index (κ1) is 11.0. The summed E-state index contributed by atoms with van der Waals surface area (Å²) in [5.74, 6) is 0.942. The number of aromatic nitrogens is 3. The van der Waals surface area contributed by atoms with Gasteiger partial charge in [0.2, 0.25) is 11.7 Å². The van der Waals surface area contributed by atoms with Gasteiger partial charge in [0, 0.05) is 6.20 Å². The van der Waals surface area contributed by atoms with Crippen molar-refractivity contribution in [2.24, 2.45) is 0 Å². The molecule has 16 heavy (non-hydrogen) atoms. The minimum atomic E-state index is 0.415. The Kier molecular flexibility index (Phi) is 3.48. The Labute approximate surface area is 97.8 Å². The molecule has 0 aromatic carbocycles. The molecule has 0 atom stereocenters. The van der Waals surface area contributed by atoms with Gasteiger partial charge in [-0.3, -0.25) is 4.98 Å². The zero-order chi connectivity index (χ0) is 11.4. The van der Waals surface area contributed by atoms with Crippen LogP contribution in [-0.4, -0.2) is 21.7 Å². The standard InChI is InChI=1S/C10H11ClN4O/c1-2-12-6-8-14-10(15-16-8)9-7(11)4-3-5-13-9/h3-5,12H,2,6H2,1H3. The van der Waals surface area contributed by atoms with Crippen molar-refractivity contribution in [3.05, 3.63) is 29.2 Å². The molecule has 6 heteroatoms. The molecule has 2 rings (SSSR count). The smallest absolute Gasteiger partial charge is 0.240 e. The average Bonchev–Trinajstić information content (AvgIpc) is 2.75. The van der Waals surface area contributed by atoms with E-state index in [0.717, 1.165) is 6.54 Å². The zero-order valence-corrected chi connectivity index (χ0v) is 9.53. The SMILES string of the molecule is CCNCc1nc(-c2ncccc2Cl)no1. The van der Waals surface area contributed by atoms with Crippen LogP contribution in [0.3, 0.4) is 0 Å². The highest BCUT2D eigenvalue weighted by Crippen LogP contribution is 2.22. The Morgan fingerprint density at radius 2 is 2.38 bits per heavy atom. The predicted molar refractivity (Wildman–Crippen MR) is 59.9 cm³/mol. The van der Waals surface area contributed by atoms with Crippen molar-refractivity contribution in [3.63, 3.8) is 0 Å². The average molecular weight is 239 g/mol. The van der Waals surface area contributed by atoms with Crippen LogP contribution in [0.4, 0.5) is 0 Å². The minimum Gasteiger partial charge on any atom is -0.337 e. The topological polar surface area (TPSA) is 63.8 Å². The molecule has 1 N–H and O–H groups in total. The van der Waals surface area contributed by atoms with Gasteiger partial charge in [0.05, 0.1) is 11.6 Å². The molecule has 0 amide bonds. The summed E-state index contributed by atoms with van der Waals surface area (Å²) in [5.41, 5.74) is 0.538. The van der Waals surface area contributed by atoms with E-state index in [9.17, 15) is 0 Å². The molecule has 0 unspecified atom stereocenters. The summed E-state index contributed by atoms with van der Waals surface area (Å²) < 4.78 is 5.05. The van der Waals surface area contributed by atoms with Crippen molar-refractivity contribution >= 4 is 11.6 Å². The van der Waals surface area contributed by atoms with Crippen LogP contribution >= 0.6 is 11.6 Å². The maximum atomic E-state index is 5.97. The first-order chi connectivity index (χ1) is 7.81. The largest absolute Gasteiger partial charge is 0.337 e. The second kappa shape index (κ2) is 5.05. The van der Waals surface area contributed by atoms with Crippen LogP contribution in [0.1, 0.15) is 12.8 Å². The van der Waals surface area contributed by atoms with Gasteiger partial charge in [0.1, 0.15) is 5.69 Å². The first-order valence-corrected chi connectivity index (χ1v) is 5.33. The van der Waals surface area contributed by atoms with Crippen LogP contribution in [-0.2, 0) is 6.54 Å². The Morgan fingerprint density at radius 1 is 1.50 bits per heavy atom. The number of pyridine rings is 1. The Balaban J connectivity index is 2.22. The lowest BCUT2D eigenvalue weighted by Gasteiger charge is -1.95. The molecule has 5 nitrogen and oxygen atoms in total. The van der Waals surface area contributed by atoms with Crippen LogP contribution in [0.5, 0.6) is 0 Å². The second-order valence-electron chi connectivity index (χ2n) is 3.13. The maximum Gasteiger partial charge on any atom is 0.240 e. The predicted octanol–water partition coefficient (Wildman–Crippen LogP) is 1.89. The molecule has 2 aromatic rings. The van der Waals surface area contributed by atoms with E-state index < -0.39 is 0 Å². The Bertz CT molecular complexity index is 471. The van der Waals surface area contributed by atoms with Crippen molar-refractivity contribution in [1.29, 1.82) is 0 Å². The lowest BCUT2D eigenvalue weighted by Crippen LogP contribution is -2.11. The summed E-state index contributed by atoms with van der Waals surface area (Å²) in [6, 6.07) is 3.50. The minimum absolute atomic E-state index is 0.415. The van der Waals surface area contributed by atoms with Crippen molar-refractivity contribution < 1.29 is 4.52 Å². The third-order valence-electron chi connectivity index (χ3n) is 1.96. The van der Waals surface area contributed by atoms with Crippen LogP contribution in [0, 0.1) is 0 Å². The van der Waals surface area contributed by atoms with E-state index >= 15 is 0 Å². The molecule has 0 spiro atoms. The third kappa shape index (κ3) is 2.37. The van der Waals surface area contributed by atoms with Crippen LogP contribution in [0.25, 0.3) is 11.5 Å².